The molecule has 0 aliphatic heterocycles. The molecule has 7 aromatic heterocycles. The molecule has 0 saturated carbocycles. The lowest BCUT2D eigenvalue weighted by atomic mass is 9.97. The molecular weight excluding hydrogens is 1470 g/mol. The summed E-state index contributed by atoms with van der Waals surface area (Å²) in [5, 5.41) is 48.7. The van der Waals surface area contributed by atoms with E-state index < -0.39 is 0 Å². The maximum absolute atomic E-state index is 10.1. The van der Waals surface area contributed by atoms with Gasteiger partial charge in [-0.25, -0.2) is 9.97 Å². The fraction of sp³-hybridized carbons (Fsp3) is 0. The number of rotatable bonds is 13. The average Bonchev–Trinajstić information content (AvgIpc) is 1.55. The number of nitriles is 4. The summed E-state index contributed by atoms with van der Waals surface area (Å²) < 4.78 is 9.43. The van der Waals surface area contributed by atoms with Crippen LogP contribution in [-0.4, -0.2) is 38.2 Å². The molecule has 12 nitrogen and oxygen atoms in total. The van der Waals surface area contributed by atoms with E-state index in [1.165, 1.54) is 0 Å². The maximum Gasteiger partial charge on any atom is 0.160 e. The smallest absolute Gasteiger partial charge is 0.160 e. The minimum Gasteiger partial charge on any atom is -0.309 e. The molecule has 0 bridgehead atoms. The molecule has 0 amide bonds. The van der Waals surface area contributed by atoms with Gasteiger partial charge >= 0.3 is 0 Å². The number of fused-ring (bicyclic) bond motifs is 12. The van der Waals surface area contributed by atoms with Gasteiger partial charge in [0.2, 0.25) is 0 Å². The molecule has 7 heterocycles. The van der Waals surface area contributed by atoms with Crippen molar-refractivity contribution in [1.82, 2.24) is 38.2 Å². The Morgan fingerprint density at radius 3 is 0.850 bits per heavy atom. The summed E-state index contributed by atoms with van der Waals surface area (Å²) in [4.78, 5) is 21.3. The molecule has 22 rings (SSSR count). The monoisotopic (exact) mass is 1530 g/mol. The fourth-order valence-corrected chi connectivity index (χ4v) is 18.0. The summed E-state index contributed by atoms with van der Waals surface area (Å²) in [6.45, 7) is 0. The van der Waals surface area contributed by atoms with Crippen molar-refractivity contribution in [1.29, 1.82) is 21.0 Å². The van der Waals surface area contributed by atoms with Crippen LogP contribution >= 0.6 is 0 Å². The van der Waals surface area contributed by atoms with Crippen molar-refractivity contribution in [2.24, 2.45) is 0 Å². The van der Waals surface area contributed by atoms with Crippen LogP contribution in [0.1, 0.15) is 22.3 Å². The third-order valence-electron chi connectivity index (χ3n) is 23.5. The van der Waals surface area contributed by atoms with Crippen LogP contribution in [0.2, 0.25) is 0 Å². The second-order valence-corrected chi connectivity index (χ2v) is 30.2. The quantitative estimate of drug-likeness (QED) is 0.110. The molecule has 0 atom stereocenters. The second-order valence-electron chi connectivity index (χ2n) is 30.2. The van der Waals surface area contributed by atoms with Crippen LogP contribution in [0.15, 0.2) is 377 Å². The van der Waals surface area contributed by atoms with Gasteiger partial charge in [0.05, 0.1) is 137 Å². The van der Waals surface area contributed by atoms with Crippen LogP contribution in [0.4, 0.5) is 0 Å². The Bertz CT molecular complexity index is 7790. The lowest BCUT2D eigenvalue weighted by Crippen LogP contribution is -2.04. The predicted octanol–water partition coefficient (Wildman–Crippen LogP) is 26.1. The van der Waals surface area contributed by atoms with Crippen molar-refractivity contribution in [3.63, 3.8) is 0 Å². The highest BCUT2D eigenvalue weighted by atomic mass is 15.0. The Morgan fingerprint density at radius 2 is 0.483 bits per heavy atom. The van der Waals surface area contributed by atoms with Crippen LogP contribution in [0.3, 0.4) is 0 Å². The van der Waals surface area contributed by atoms with E-state index in [-0.39, 0.29) is 0 Å². The lowest BCUT2D eigenvalue weighted by molar-refractivity contribution is 1.13. The molecule has 12 heteroatoms. The minimum atomic E-state index is 0.507. The van der Waals surface area contributed by atoms with Crippen LogP contribution in [-0.2, 0) is 0 Å². The molecule has 120 heavy (non-hydrogen) atoms. The van der Waals surface area contributed by atoms with E-state index in [0.717, 1.165) is 199 Å². The first-order valence-corrected chi connectivity index (χ1v) is 39.6. The van der Waals surface area contributed by atoms with Gasteiger partial charge in [-0.1, -0.05) is 200 Å². The lowest BCUT2D eigenvalue weighted by Gasteiger charge is -2.20. The summed E-state index contributed by atoms with van der Waals surface area (Å²) in [6, 6.07) is 131. The standard InChI is InChI=1S/C108H62N12/c109-61-67-16-12-22-72(50-67)76-36-42-100-90(54-76)82-26-4-8-30-96(82)117(100)104-58-80(34-40-86(104)88-46-48-113-65-106(88)119-98-32-10-6-28-84(98)92-56-78(38-44-102(92)119)74-24-14-18-69(52-74)63-111)95-60-94(71-20-2-1-3-21-71)115-108(116-95)81-35-41-87(105(59-81)118-97-31-9-5-27-83(97)91-55-77(37-43-101(91)118)73-23-13-17-68(51-73)62-110)89-47-49-114-66-107(89)120-99-33-11-7-29-85(99)93-57-79(39-45-103(93)120)75-25-15-19-70(53-75)64-112/h1-60,65-66H. The van der Waals surface area contributed by atoms with Crippen molar-refractivity contribution >= 4 is 87.2 Å². The van der Waals surface area contributed by atoms with Crippen LogP contribution in [0.5, 0.6) is 0 Å². The first kappa shape index (κ1) is 69.5. The minimum absolute atomic E-state index is 0.507. The number of hydrogen-bond acceptors (Lipinski definition) is 8. The highest BCUT2D eigenvalue weighted by Crippen LogP contribution is 2.48. The Hall–Kier alpha value is -17.2. The molecule has 0 aliphatic carbocycles. The van der Waals surface area contributed by atoms with E-state index in [4.69, 9.17) is 19.9 Å². The van der Waals surface area contributed by atoms with Crippen molar-refractivity contribution in [3.8, 4) is 148 Å². The molecule has 0 spiro atoms. The summed E-state index contributed by atoms with van der Waals surface area (Å²) in [6.07, 6.45) is 7.70. The molecule has 0 aliphatic rings. The molecule has 0 N–H and O–H groups in total. The van der Waals surface area contributed by atoms with Crippen molar-refractivity contribution in [2.75, 3.05) is 0 Å². The fourth-order valence-electron chi connectivity index (χ4n) is 18.0. The van der Waals surface area contributed by atoms with Crippen molar-refractivity contribution in [3.05, 3.63) is 399 Å². The highest BCUT2D eigenvalue weighted by molar-refractivity contribution is 6.16. The Morgan fingerprint density at radius 1 is 0.200 bits per heavy atom. The number of pyridine rings is 2. The van der Waals surface area contributed by atoms with Gasteiger partial charge in [-0.2, -0.15) is 21.0 Å². The third-order valence-corrected chi connectivity index (χ3v) is 23.5. The molecule has 0 radical (unpaired) electrons. The Balaban J connectivity index is 0.776. The number of hydrogen-bond donors (Lipinski definition) is 0. The van der Waals surface area contributed by atoms with E-state index in [9.17, 15) is 21.0 Å². The average molecular weight is 1530 g/mol. The SMILES string of the molecule is N#Cc1cccc(-c2ccc3c(c2)c2ccccc2n3-c2cnccc2-c2ccc(-c3cc(-c4ccccc4)nc(-c4ccc(-c5ccncc5-n5c6ccccc6c6cc(-c7cccc(C#N)c7)ccc65)c(-n5c6ccccc6c6cc(-c7cccc(C#N)c7)ccc65)c4)n3)cc2-n2c3ccccc3c3cc(-c4cccc(C#N)c4)ccc32)c1. The predicted molar refractivity (Wildman–Crippen MR) is 483 cm³/mol. The number of nitrogens with zero attached hydrogens (tertiary/aromatic N) is 12. The van der Waals surface area contributed by atoms with E-state index >= 15 is 0 Å². The third kappa shape index (κ3) is 11.6. The van der Waals surface area contributed by atoms with Crippen LogP contribution in [0, 0.1) is 45.3 Å². The summed E-state index contributed by atoms with van der Waals surface area (Å²) in [5.74, 6) is 0.507. The van der Waals surface area contributed by atoms with Crippen molar-refractivity contribution in [2.45, 2.75) is 0 Å². The molecule has 554 valence electrons. The van der Waals surface area contributed by atoms with Gasteiger partial charge < -0.3 is 18.3 Å². The number of aromatic nitrogens is 8. The van der Waals surface area contributed by atoms with Crippen LogP contribution < -0.4 is 0 Å². The van der Waals surface area contributed by atoms with Crippen LogP contribution in [0.25, 0.3) is 211 Å². The Labute approximate surface area is 688 Å². The van der Waals surface area contributed by atoms with Gasteiger partial charge in [0, 0.05) is 94.4 Å². The molecule has 0 unspecified atom stereocenters. The molecule has 0 fully saturated rings. The topological polar surface area (TPSA) is 166 Å². The zero-order chi connectivity index (χ0) is 80.1. The first-order chi connectivity index (χ1) is 59.3. The van der Waals surface area contributed by atoms with Gasteiger partial charge in [-0.15, -0.1) is 0 Å². The van der Waals surface area contributed by atoms with E-state index in [0.29, 0.717) is 33.8 Å². The van der Waals surface area contributed by atoms with Gasteiger partial charge in [-0.05, 0) is 196 Å². The molecule has 0 saturated heterocycles. The van der Waals surface area contributed by atoms with E-state index in [2.05, 4.69) is 303 Å². The number of para-hydroxylation sites is 4. The normalized spacial score (nSPS) is 11.5. The van der Waals surface area contributed by atoms with Gasteiger partial charge in [0.1, 0.15) is 0 Å². The second kappa shape index (κ2) is 28.4. The van der Waals surface area contributed by atoms with E-state index in [1.807, 2.05) is 116 Å². The summed E-state index contributed by atoms with van der Waals surface area (Å²) in [7, 11) is 0. The van der Waals surface area contributed by atoms with Gasteiger partial charge in [0.15, 0.2) is 5.82 Å². The molecule has 22 aromatic rings. The summed E-state index contributed by atoms with van der Waals surface area (Å²) in [5.41, 5.74) is 29.3. The largest absolute Gasteiger partial charge is 0.309 e. The van der Waals surface area contributed by atoms with E-state index in [1.54, 1.807) is 0 Å². The van der Waals surface area contributed by atoms with Crippen molar-refractivity contribution < 1.29 is 0 Å². The summed E-state index contributed by atoms with van der Waals surface area (Å²) >= 11 is 0. The molecule has 15 aromatic carbocycles. The maximum atomic E-state index is 10.1. The Kier molecular flexibility index (Phi) is 16.5. The van der Waals surface area contributed by atoms with Gasteiger partial charge in [-0.3, -0.25) is 9.97 Å². The number of benzene rings is 15. The first-order valence-electron chi connectivity index (χ1n) is 39.6. The molecular formula is C108H62N12. The zero-order valence-electron chi connectivity index (χ0n) is 64.2. The van der Waals surface area contributed by atoms with Gasteiger partial charge in [0.25, 0.3) is 0 Å². The highest BCUT2D eigenvalue weighted by Gasteiger charge is 2.27. The zero-order valence-corrected chi connectivity index (χ0v) is 64.2.